The lowest BCUT2D eigenvalue weighted by Crippen LogP contribution is -2.51. The van der Waals surface area contributed by atoms with Gasteiger partial charge in [-0.25, -0.2) is 0 Å². The van der Waals surface area contributed by atoms with Gasteiger partial charge in [-0.05, 0) is 17.9 Å². The van der Waals surface area contributed by atoms with E-state index >= 15 is 0 Å². The van der Waals surface area contributed by atoms with Gasteiger partial charge in [0.15, 0.2) is 0 Å². The standard InChI is InChI=1S/C18H26N2O3/c1-13(2)17(20-10-6-9-16(20)22)18(23)19-12-15(21)11-14-7-4-3-5-8-14/h3-5,7-8,13,15,17,21H,6,9-12H2,1-2H3,(H,19,23)/t15-,17-/m1/s1. The molecule has 0 unspecified atom stereocenters. The minimum absolute atomic E-state index is 0.0447. The molecule has 0 bridgehead atoms. The molecule has 2 atom stereocenters. The lowest BCUT2D eigenvalue weighted by atomic mass is 10.0. The summed E-state index contributed by atoms with van der Waals surface area (Å²) in [5.41, 5.74) is 1.03. The smallest absolute Gasteiger partial charge is 0.243 e. The molecule has 1 fully saturated rings. The number of hydrogen-bond acceptors (Lipinski definition) is 3. The summed E-state index contributed by atoms with van der Waals surface area (Å²) in [5, 5.41) is 12.9. The molecule has 1 heterocycles. The fourth-order valence-electron chi connectivity index (χ4n) is 3.05. The zero-order chi connectivity index (χ0) is 16.8. The Kier molecular flexibility index (Phi) is 6.16. The van der Waals surface area contributed by atoms with Gasteiger partial charge in [0.25, 0.3) is 0 Å². The summed E-state index contributed by atoms with van der Waals surface area (Å²) in [7, 11) is 0. The van der Waals surface area contributed by atoms with Crippen LogP contribution in [0.15, 0.2) is 30.3 Å². The second-order valence-electron chi connectivity index (χ2n) is 6.47. The fraction of sp³-hybridized carbons (Fsp3) is 0.556. The molecule has 0 aromatic heterocycles. The van der Waals surface area contributed by atoms with E-state index in [-0.39, 0.29) is 24.3 Å². The fourth-order valence-corrected chi connectivity index (χ4v) is 3.05. The number of nitrogens with zero attached hydrogens (tertiary/aromatic N) is 1. The van der Waals surface area contributed by atoms with Crippen LogP contribution in [-0.2, 0) is 16.0 Å². The van der Waals surface area contributed by atoms with Crippen LogP contribution in [0.5, 0.6) is 0 Å². The molecule has 1 aromatic rings. The molecule has 1 aromatic carbocycles. The molecule has 1 saturated heterocycles. The Labute approximate surface area is 137 Å². The molecule has 0 saturated carbocycles. The van der Waals surface area contributed by atoms with E-state index in [0.29, 0.717) is 19.4 Å². The van der Waals surface area contributed by atoms with E-state index in [1.807, 2.05) is 44.2 Å². The van der Waals surface area contributed by atoms with E-state index in [0.717, 1.165) is 12.0 Å². The third kappa shape index (κ3) is 4.79. The maximum absolute atomic E-state index is 12.5. The normalized spacial score (nSPS) is 17.4. The summed E-state index contributed by atoms with van der Waals surface area (Å²) >= 11 is 0. The number of carbonyl (C=O) groups is 2. The molecule has 5 nitrogen and oxygen atoms in total. The van der Waals surface area contributed by atoms with Crippen molar-refractivity contribution in [3.8, 4) is 0 Å². The van der Waals surface area contributed by atoms with Gasteiger partial charge in [-0.1, -0.05) is 44.2 Å². The Morgan fingerprint density at radius 1 is 1.30 bits per heavy atom. The van der Waals surface area contributed by atoms with Crippen molar-refractivity contribution in [1.82, 2.24) is 10.2 Å². The van der Waals surface area contributed by atoms with Crippen molar-refractivity contribution in [2.45, 2.75) is 45.3 Å². The first-order chi connectivity index (χ1) is 11.0. The summed E-state index contributed by atoms with van der Waals surface area (Å²) in [5.74, 6) is -0.0886. The van der Waals surface area contributed by atoms with E-state index in [4.69, 9.17) is 0 Å². The van der Waals surface area contributed by atoms with Gasteiger partial charge in [0.1, 0.15) is 6.04 Å². The number of benzene rings is 1. The third-order valence-corrected chi connectivity index (χ3v) is 4.17. The quantitative estimate of drug-likeness (QED) is 0.797. The molecule has 23 heavy (non-hydrogen) atoms. The molecule has 0 aliphatic carbocycles. The molecular weight excluding hydrogens is 292 g/mol. The monoisotopic (exact) mass is 318 g/mol. The van der Waals surface area contributed by atoms with E-state index in [9.17, 15) is 14.7 Å². The summed E-state index contributed by atoms with van der Waals surface area (Å²) in [6.07, 6.45) is 1.19. The van der Waals surface area contributed by atoms with Crippen LogP contribution in [0.25, 0.3) is 0 Å². The van der Waals surface area contributed by atoms with Crippen LogP contribution in [0.4, 0.5) is 0 Å². The average Bonchev–Trinajstić information content (AvgIpc) is 2.92. The SMILES string of the molecule is CC(C)[C@H](C(=O)NC[C@H](O)Cc1ccccc1)N1CCCC1=O. The highest BCUT2D eigenvalue weighted by Crippen LogP contribution is 2.19. The van der Waals surface area contributed by atoms with Crippen molar-refractivity contribution >= 4 is 11.8 Å². The highest BCUT2D eigenvalue weighted by Gasteiger charge is 2.34. The van der Waals surface area contributed by atoms with Gasteiger partial charge in [0.05, 0.1) is 6.10 Å². The second kappa shape index (κ2) is 8.11. The van der Waals surface area contributed by atoms with Crippen molar-refractivity contribution in [2.75, 3.05) is 13.1 Å². The number of aliphatic hydroxyl groups excluding tert-OH is 1. The van der Waals surface area contributed by atoms with Gasteiger partial charge in [0, 0.05) is 25.9 Å². The Morgan fingerprint density at radius 3 is 2.57 bits per heavy atom. The minimum Gasteiger partial charge on any atom is -0.391 e. The first kappa shape index (κ1) is 17.5. The maximum atomic E-state index is 12.5. The van der Waals surface area contributed by atoms with Crippen molar-refractivity contribution in [1.29, 1.82) is 0 Å². The number of rotatable bonds is 7. The van der Waals surface area contributed by atoms with Gasteiger partial charge in [-0.2, -0.15) is 0 Å². The Hall–Kier alpha value is -1.88. The van der Waals surface area contributed by atoms with Gasteiger partial charge in [-0.15, -0.1) is 0 Å². The Morgan fingerprint density at radius 2 is 2.00 bits per heavy atom. The molecule has 126 valence electrons. The zero-order valence-corrected chi connectivity index (χ0v) is 13.9. The first-order valence-corrected chi connectivity index (χ1v) is 8.28. The molecule has 2 N–H and O–H groups in total. The highest BCUT2D eigenvalue weighted by molar-refractivity contribution is 5.88. The number of aliphatic hydroxyl groups is 1. The molecule has 1 aliphatic heterocycles. The van der Waals surface area contributed by atoms with Crippen LogP contribution < -0.4 is 5.32 Å². The summed E-state index contributed by atoms with van der Waals surface area (Å²) < 4.78 is 0. The minimum atomic E-state index is -0.636. The van der Waals surface area contributed by atoms with E-state index in [2.05, 4.69) is 5.32 Å². The van der Waals surface area contributed by atoms with Gasteiger partial charge < -0.3 is 15.3 Å². The number of likely N-dealkylation sites (tertiary alicyclic amines) is 1. The highest BCUT2D eigenvalue weighted by atomic mass is 16.3. The lowest BCUT2D eigenvalue weighted by Gasteiger charge is -2.30. The lowest BCUT2D eigenvalue weighted by molar-refractivity contribution is -0.139. The molecule has 1 aliphatic rings. The van der Waals surface area contributed by atoms with Crippen molar-refractivity contribution < 1.29 is 14.7 Å². The molecule has 2 amide bonds. The number of nitrogens with one attached hydrogen (secondary N) is 1. The number of hydrogen-bond donors (Lipinski definition) is 2. The molecular formula is C18H26N2O3. The maximum Gasteiger partial charge on any atom is 0.243 e. The average molecular weight is 318 g/mol. The van der Waals surface area contributed by atoms with E-state index in [1.165, 1.54) is 0 Å². The molecule has 2 rings (SSSR count). The molecule has 5 heteroatoms. The Bertz CT molecular complexity index is 530. The predicted octanol–water partition coefficient (Wildman–Crippen LogP) is 1.35. The van der Waals surface area contributed by atoms with Crippen LogP contribution >= 0.6 is 0 Å². The van der Waals surface area contributed by atoms with E-state index in [1.54, 1.807) is 4.90 Å². The summed E-state index contributed by atoms with van der Waals surface area (Å²) in [6, 6.07) is 9.23. The largest absolute Gasteiger partial charge is 0.391 e. The Balaban J connectivity index is 1.87. The van der Waals surface area contributed by atoms with Crippen molar-refractivity contribution in [3.05, 3.63) is 35.9 Å². The first-order valence-electron chi connectivity index (χ1n) is 8.28. The van der Waals surface area contributed by atoms with E-state index < -0.39 is 12.1 Å². The number of carbonyl (C=O) groups excluding carboxylic acids is 2. The van der Waals surface area contributed by atoms with Crippen LogP contribution in [-0.4, -0.2) is 47.1 Å². The summed E-state index contributed by atoms with van der Waals surface area (Å²) in [6.45, 7) is 4.72. The number of amides is 2. The van der Waals surface area contributed by atoms with Crippen molar-refractivity contribution in [3.63, 3.8) is 0 Å². The van der Waals surface area contributed by atoms with Crippen LogP contribution in [0.1, 0.15) is 32.3 Å². The topological polar surface area (TPSA) is 69.6 Å². The zero-order valence-electron chi connectivity index (χ0n) is 13.9. The summed E-state index contributed by atoms with van der Waals surface area (Å²) in [4.78, 5) is 26.0. The predicted molar refractivity (Wildman–Crippen MR) is 88.7 cm³/mol. The second-order valence-corrected chi connectivity index (χ2v) is 6.47. The van der Waals surface area contributed by atoms with Gasteiger partial charge in [-0.3, -0.25) is 9.59 Å². The van der Waals surface area contributed by atoms with Crippen molar-refractivity contribution in [2.24, 2.45) is 5.92 Å². The van der Waals surface area contributed by atoms with Gasteiger partial charge >= 0.3 is 0 Å². The van der Waals surface area contributed by atoms with Crippen LogP contribution in [0.2, 0.25) is 0 Å². The van der Waals surface area contributed by atoms with Gasteiger partial charge in [0.2, 0.25) is 11.8 Å². The molecule has 0 radical (unpaired) electrons. The van der Waals surface area contributed by atoms with Crippen LogP contribution in [0.3, 0.4) is 0 Å². The third-order valence-electron chi connectivity index (χ3n) is 4.17. The van der Waals surface area contributed by atoms with Crippen LogP contribution in [0, 0.1) is 5.92 Å². The molecule has 0 spiro atoms.